The number of hydrogen-bond donors (Lipinski definition) is 2. The Labute approximate surface area is 105 Å². The second-order valence-corrected chi connectivity index (χ2v) is 7.69. The first-order valence-corrected chi connectivity index (χ1v) is 8.40. The summed E-state index contributed by atoms with van der Waals surface area (Å²) in [6.07, 6.45) is -0.159. The van der Waals surface area contributed by atoms with Gasteiger partial charge in [0.25, 0.3) is 0 Å². The fourth-order valence-electron chi connectivity index (χ4n) is 1.83. The van der Waals surface area contributed by atoms with Crippen molar-refractivity contribution in [3.8, 4) is 0 Å². The van der Waals surface area contributed by atoms with E-state index in [1.807, 2.05) is 24.3 Å². The molecule has 0 amide bonds. The molecule has 17 heavy (non-hydrogen) atoms. The van der Waals surface area contributed by atoms with Gasteiger partial charge in [-0.2, -0.15) is 0 Å². The van der Waals surface area contributed by atoms with Gasteiger partial charge >= 0.3 is 7.60 Å². The second kappa shape index (κ2) is 3.90. The van der Waals surface area contributed by atoms with Gasteiger partial charge in [0, 0.05) is 19.7 Å². The molecule has 0 spiro atoms. The minimum absolute atomic E-state index is 0.159. The van der Waals surface area contributed by atoms with Gasteiger partial charge in [0.1, 0.15) is 0 Å². The Hall–Kier alpha value is -0.710. The van der Waals surface area contributed by atoms with Crippen LogP contribution in [0.3, 0.4) is 0 Å². The molecule has 0 fully saturated rings. The average molecular weight is 284 g/mol. The highest BCUT2D eigenvalue weighted by molar-refractivity contribution is 7.51. The zero-order valence-corrected chi connectivity index (χ0v) is 11.2. The molecule has 0 radical (unpaired) electrons. The zero-order chi connectivity index (χ0) is 12.0. The normalized spacial score (nSPS) is 12.6. The van der Waals surface area contributed by atoms with E-state index in [4.69, 9.17) is 9.79 Å². The van der Waals surface area contributed by atoms with Crippen molar-refractivity contribution in [1.29, 1.82) is 0 Å². The van der Waals surface area contributed by atoms with Crippen LogP contribution in [0.25, 0.3) is 19.5 Å². The van der Waals surface area contributed by atoms with Crippen molar-refractivity contribution in [1.82, 2.24) is 0 Å². The van der Waals surface area contributed by atoms with Crippen molar-refractivity contribution in [3.05, 3.63) is 35.2 Å². The molecule has 6 heteroatoms. The Morgan fingerprint density at radius 3 is 2.65 bits per heavy atom. The largest absolute Gasteiger partial charge is 0.330 e. The molecule has 0 saturated carbocycles. The summed E-state index contributed by atoms with van der Waals surface area (Å²) >= 11 is 3.14. The maximum Gasteiger partial charge on any atom is 0.330 e. The molecule has 2 aromatic heterocycles. The predicted octanol–water partition coefficient (Wildman–Crippen LogP) is 3.79. The predicted molar refractivity (Wildman–Crippen MR) is 73.0 cm³/mol. The van der Waals surface area contributed by atoms with Crippen molar-refractivity contribution in [2.75, 3.05) is 0 Å². The molecule has 0 bridgehead atoms. The molecular weight excluding hydrogens is 275 g/mol. The van der Waals surface area contributed by atoms with E-state index in [9.17, 15) is 4.57 Å². The van der Waals surface area contributed by atoms with E-state index in [0.717, 1.165) is 14.3 Å². The molecule has 3 rings (SSSR count). The number of fused-ring (bicyclic) bond motifs is 3. The van der Waals surface area contributed by atoms with Gasteiger partial charge in [0.15, 0.2) is 0 Å². The molecule has 0 saturated heterocycles. The van der Waals surface area contributed by atoms with Gasteiger partial charge in [-0.1, -0.05) is 18.2 Å². The third kappa shape index (κ3) is 2.17. The van der Waals surface area contributed by atoms with Crippen LogP contribution in [0.1, 0.15) is 4.88 Å². The monoisotopic (exact) mass is 284 g/mol. The first-order chi connectivity index (χ1) is 8.03. The Morgan fingerprint density at radius 2 is 1.88 bits per heavy atom. The highest BCUT2D eigenvalue weighted by Gasteiger charge is 2.17. The summed E-state index contributed by atoms with van der Waals surface area (Å²) in [6.45, 7) is 0. The van der Waals surface area contributed by atoms with E-state index in [1.54, 1.807) is 11.3 Å². The number of rotatable bonds is 2. The number of hydrogen-bond acceptors (Lipinski definition) is 3. The van der Waals surface area contributed by atoms with E-state index in [0.29, 0.717) is 0 Å². The molecular formula is C11H9O3PS2. The van der Waals surface area contributed by atoms with Gasteiger partial charge in [-0.05, 0) is 12.1 Å². The van der Waals surface area contributed by atoms with E-state index in [2.05, 4.69) is 6.07 Å². The molecule has 0 aliphatic carbocycles. The summed E-state index contributed by atoms with van der Waals surface area (Å²) in [5, 5.41) is 1.18. The minimum Gasteiger partial charge on any atom is -0.324 e. The highest BCUT2D eigenvalue weighted by atomic mass is 32.1. The van der Waals surface area contributed by atoms with Gasteiger partial charge in [0.05, 0.1) is 10.9 Å². The SMILES string of the molecule is O=P(O)(O)Cc1cc2sc3ccccc3c2s1. The standard InChI is InChI=1S/C11H9O3PS2/c12-15(13,14)6-7-5-10-11(16-7)8-3-1-2-4-9(8)17-10/h1-5H,6H2,(H2,12,13,14). The van der Waals surface area contributed by atoms with Crippen LogP contribution in [0.15, 0.2) is 30.3 Å². The van der Waals surface area contributed by atoms with Gasteiger partial charge in [-0.3, -0.25) is 4.57 Å². The zero-order valence-electron chi connectivity index (χ0n) is 8.66. The molecule has 0 aliphatic heterocycles. The molecule has 1 aromatic carbocycles. The number of thiophene rings is 2. The van der Waals surface area contributed by atoms with Crippen molar-refractivity contribution < 1.29 is 14.4 Å². The third-order valence-electron chi connectivity index (χ3n) is 2.46. The van der Waals surface area contributed by atoms with Gasteiger partial charge in [-0.25, -0.2) is 0 Å². The van der Waals surface area contributed by atoms with Crippen LogP contribution in [0.2, 0.25) is 0 Å². The smallest absolute Gasteiger partial charge is 0.324 e. The lowest BCUT2D eigenvalue weighted by molar-refractivity contribution is 0.372. The molecule has 0 unspecified atom stereocenters. The van der Waals surface area contributed by atoms with Gasteiger partial charge in [-0.15, -0.1) is 22.7 Å². The van der Waals surface area contributed by atoms with Gasteiger partial charge in [0.2, 0.25) is 0 Å². The fourth-order valence-corrected chi connectivity index (χ4v) is 5.43. The second-order valence-electron chi connectivity index (χ2n) is 3.83. The van der Waals surface area contributed by atoms with E-state index >= 15 is 0 Å². The molecule has 0 atom stereocenters. The van der Waals surface area contributed by atoms with Crippen molar-refractivity contribution in [3.63, 3.8) is 0 Å². The van der Waals surface area contributed by atoms with Crippen molar-refractivity contribution >= 4 is 49.8 Å². The first-order valence-electron chi connectivity index (χ1n) is 4.97. The summed E-state index contributed by atoms with van der Waals surface area (Å²) < 4.78 is 14.4. The first kappa shape index (κ1) is 11.4. The molecule has 2 N–H and O–H groups in total. The van der Waals surface area contributed by atoms with Crippen LogP contribution < -0.4 is 0 Å². The maximum absolute atomic E-state index is 11.0. The Balaban J connectivity index is 2.17. The van der Waals surface area contributed by atoms with E-state index in [1.165, 1.54) is 21.4 Å². The quantitative estimate of drug-likeness (QED) is 0.704. The van der Waals surface area contributed by atoms with Crippen LogP contribution in [0, 0.1) is 0 Å². The Bertz CT molecular complexity index is 737. The van der Waals surface area contributed by atoms with Crippen LogP contribution >= 0.6 is 30.3 Å². The molecule has 2 heterocycles. The van der Waals surface area contributed by atoms with Gasteiger partial charge < -0.3 is 9.79 Å². The number of benzene rings is 1. The van der Waals surface area contributed by atoms with E-state index in [-0.39, 0.29) is 6.16 Å². The van der Waals surface area contributed by atoms with Crippen LogP contribution in [0.5, 0.6) is 0 Å². The lowest BCUT2D eigenvalue weighted by Crippen LogP contribution is -1.81. The summed E-state index contributed by atoms with van der Waals surface area (Å²) in [5.41, 5.74) is 0. The van der Waals surface area contributed by atoms with Crippen LogP contribution in [-0.2, 0) is 10.7 Å². The summed E-state index contributed by atoms with van der Waals surface area (Å²) in [6, 6.07) is 9.99. The Kier molecular flexibility index (Phi) is 2.61. The third-order valence-corrected chi connectivity index (χ3v) is 5.84. The topological polar surface area (TPSA) is 57.5 Å². The minimum atomic E-state index is -3.96. The fraction of sp³-hybridized carbons (Fsp3) is 0.0909. The maximum atomic E-state index is 11.0. The lowest BCUT2D eigenvalue weighted by atomic mass is 10.2. The lowest BCUT2D eigenvalue weighted by Gasteiger charge is -1.99. The summed E-state index contributed by atoms with van der Waals surface area (Å²) in [5.74, 6) is 0. The molecule has 3 aromatic rings. The van der Waals surface area contributed by atoms with Crippen LogP contribution in [-0.4, -0.2) is 9.79 Å². The summed E-state index contributed by atoms with van der Waals surface area (Å²) in [4.78, 5) is 18.7. The molecule has 88 valence electrons. The Morgan fingerprint density at radius 1 is 1.12 bits per heavy atom. The van der Waals surface area contributed by atoms with Crippen molar-refractivity contribution in [2.24, 2.45) is 0 Å². The van der Waals surface area contributed by atoms with Crippen molar-refractivity contribution in [2.45, 2.75) is 6.16 Å². The summed E-state index contributed by atoms with van der Waals surface area (Å²) in [7, 11) is -3.96. The highest BCUT2D eigenvalue weighted by Crippen LogP contribution is 2.45. The van der Waals surface area contributed by atoms with E-state index < -0.39 is 7.60 Å². The van der Waals surface area contributed by atoms with Crippen LogP contribution in [0.4, 0.5) is 0 Å². The average Bonchev–Trinajstić information content (AvgIpc) is 2.71. The molecule has 3 nitrogen and oxygen atoms in total. The molecule has 0 aliphatic rings.